The van der Waals surface area contributed by atoms with Gasteiger partial charge in [0, 0.05) is 18.0 Å². The number of halogens is 1. The van der Waals surface area contributed by atoms with Crippen LogP contribution in [0.3, 0.4) is 0 Å². The van der Waals surface area contributed by atoms with Gasteiger partial charge in [-0.3, -0.25) is 4.79 Å². The van der Waals surface area contributed by atoms with Crippen LogP contribution in [-0.2, 0) is 4.79 Å². The van der Waals surface area contributed by atoms with Gasteiger partial charge in [0.1, 0.15) is 0 Å². The average molecular weight is 221 g/mol. The SMILES string of the molecule is CC(C)C(=O)N[C@H]1CC[C@@H](N)CC1.Cl. The summed E-state index contributed by atoms with van der Waals surface area (Å²) in [5.41, 5.74) is 5.77. The van der Waals surface area contributed by atoms with Gasteiger partial charge in [-0.15, -0.1) is 12.4 Å². The standard InChI is InChI=1S/C10H20N2O.ClH/c1-7(2)10(13)12-9-5-3-8(11)4-6-9;/h7-9H,3-6,11H2,1-2H3,(H,12,13);1H/t8-,9+;. The maximum atomic E-state index is 11.4. The van der Waals surface area contributed by atoms with Crippen LogP contribution in [0.4, 0.5) is 0 Å². The van der Waals surface area contributed by atoms with Gasteiger partial charge in [0.05, 0.1) is 0 Å². The Bertz CT molecular complexity index is 177. The fourth-order valence-corrected chi connectivity index (χ4v) is 1.63. The Morgan fingerprint density at radius 3 is 2.21 bits per heavy atom. The summed E-state index contributed by atoms with van der Waals surface area (Å²) in [6, 6.07) is 0.724. The molecule has 4 heteroatoms. The van der Waals surface area contributed by atoms with Crippen molar-refractivity contribution in [1.29, 1.82) is 0 Å². The summed E-state index contributed by atoms with van der Waals surface area (Å²) in [7, 11) is 0. The summed E-state index contributed by atoms with van der Waals surface area (Å²) in [5, 5.41) is 3.04. The predicted molar refractivity (Wildman–Crippen MR) is 60.5 cm³/mol. The third-order valence-electron chi connectivity index (χ3n) is 2.64. The van der Waals surface area contributed by atoms with Crippen molar-refractivity contribution in [3.63, 3.8) is 0 Å². The van der Waals surface area contributed by atoms with E-state index >= 15 is 0 Å². The molecular weight excluding hydrogens is 200 g/mol. The van der Waals surface area contributed by atoms with Crippen LogP contribution in [0.1, 0.15) is 39.5 Å². The van der Waals surface area contributed by atoms with Crippen LogP contribution in [0.25, 0.3) is 0 Å². The average Bonchev–Trinajstić information content (AvgIpc) is 2.08. The molecule has 1 aliphatic rings. The van der Waals surface area contributed by atoms with Gasteiger partial charge in [-0.1, -0.05) is 13.8 Å². The summed E-state index contributed by atoms with van der Waals surface area (Å²) in [6.45, 7) is 3.84. The summed E-state index contributed by atoms with van der Waals surface area (Å²) in [6.07, 6.45) is 4.17. The second-order valence-electron chi connectivity index (χ2n) is 4.27. The lowest BCUT2D eigenvalue weighted by atomic mass is 9.91. The smallest absolute Gasteiger partial charge is 0.222 e. The third kappa shape index (κ3) is 4.29. The number of carbonyl (C=O) groups is 1. The zero-order valence-corrected chi connectivity index (χ0v) is 9.77. The van der Waals surface area contributed by atoms with Crippen molar-refractivity contribution in [1.82, 2.24) is 5.32 Å². The van der Waals surface area contributed by atoms with Gasteiger partial charge in [-0.2, -0.15) is 0 Å². The second-order valence-corrected chi connectivity index (χ2v) is 4.27. The summed E-state index contributed by atoms with van der Waals surface area (Å²) in [4.78, 5) is 11.4. The molecule has 1 fully saturated rings. The van der Waals surface area contributed by atoms with Crippen LogP contribution >= 0.6 is 12.4 Å². The van der Waals surface area contributed by atoms with Gasteiger partial charge in [0.2, 0.25) is 5.91 Å². The minimum absolute atomic E-state index is 0. The fourth-order valence-electron chi connectivity index (χ4n) is 1.63. The van der Waals surface area contributed by atoms with Gasteiger partial charge in [-0.25, -0.2) is 0 Å². The molecule has 0 saturated heterocycles. The predicted octanol–water partition coefficient (Wildman–Crippen LogP) is 1.45. The lowest BCUT2D eigenvalue weighted by Gasteiger charge is -2.27. The van der Waals surface area contributed by atoms with Crippen LogP contribution in [-0.4, -0.2) is 18.0 Å². The van der Waals surface area contributed by atoms with E-state index in [1.165, 1.54) is 0 Å². The molecule has 1 saturated carbocycles. The van der Waals surface area contributed by atoms with Crippen molar-refractivity contribution in [2.75, 3.05) is 0 Å². The molecule has 1 amide bonds. The number of hydrogen-bond donors (Lipinski definition) is 2. The van der Waals surface area contributed by atoms with E-state index in [4.69, 9.17) is 5.73 Å². The minimum Gasteiger partial charge on any atom is -0.353 e. The largest absolute Gasteiger partial charge is 0.353 e. The molecule has 3 N–H and O–H groups in total. The van der Waals surface area contributed by atoms with E-state index in [0.29, 0.717) is 12.1 Å². The Balaban J connectivity index is 0.00000169. The van der Waals surface area contributed by atoms with E-state index in [2.05, 4.69) is 5.32 Å². The van der Waals surface area contributed by atoms with Crippen LogP contribution in [0.2, 0.25) is 0 Å². The van der Waals surface area contributed by atoms with Gasteiger partial charge in [0.15, 0.2) is 0 Å². The first-order valence-corrected chi connectivity index (χ1v) is 5.15. The van der Waals surface area contributed by atoms with E-state index in [9.17, 15) is 4.79 Å². The van der Waals surface area contributed by atoms with E-state index in [1.807, 2.05) is 13.8 Å². The van der Waals surface area contributed by atoms with E-state index in [1.54, 1.807) is 0 Å². The van der Waals surface area contributed by atoms with Crippen LogP contribution < -0.4 is 11.1 Å². The Hall–Kier alpha value is -0.280. The summed E-state index contributed by atoms with van der Waals surface area (Å²) < 4.78 is 0. The molecule has 0 bridgehead atoms. The van der Waals surface area contributed by atoms with Crippen molar-refractivity contribution in [2.45, 2.75) is 51.6 Å². The fraction of sp³-hybridized carbons (Fsp3) is 0.900. The van der Waals surface area contributed by atoms with E-state index in [-0.39, 0.29) is 24.2 Å². The van der Waals surface area contributed by atoms with Crippen LogP contribution in [0.15, 0.2) is 0 Å². The van der Waals surface area contributed by atoms with Crippen molar-refractivity contribution >= 4 is 18.3 Å². The number of rotatable bonds is 2. The third-order valence-corrected chi connectivity index (χ3v) is 2.64. The molecule has 0 aliphatic heterocycles. The number of nitrogens with one attached hydrogen (secondary N) is 1. The molecule has 0 aromatic carbocycles. The highest BCUT2D eigenvalue weighted by atomic mass is 35.5. The normalized spacial score (nSPS) is 26.9. The molecule has 0 unspecified atom stereocenters. The minimum atomic E-state index is 0. The molecule has 0 spiro atoms. The number of amides is 1. The summed E-state index contributed by atoms with van der Waals surface area (Å²) >= 11 is 0. The maximum absolute atomic E-state index is 11.4. The first-order chi connectivity index (χ1) is 6.09. The van der Waals surface area contributed by atoms with E-state index in [0.717, 1.165) is 25.7 Å². The Morgan fingerprint density at radius 2 is 1.79 bits per heavy atom. The van der Waals surface area contributed by atoms with Crippen molar-refractivity contribution in [3.8, 4) is 0 Å². The Kier molecular flexibility index (Phi) is 6.12. The van der Waals surface area contributed by atoms with Gasteiger partial charge in [0.25, 0.3) is 0 Å². The molecule has 0 radical (unpaired) electrons. The number of nitrogens with two attached hydrogens (primary N) is 1. The Morgan fingerprint density at radius 1 is 1.29 bits per heavy atom. The number of hydrogen-bond acceptors (Lipinski definition) is 2. The highest BCUT2D eigenvalue weighted by Gasteiger charge is 2.20. The second kappa shape index (κ2) is 6.25. The summed E-state index contributed by atoms with van der Waals surface area (Å²) in [5.74, 6) is 0.260. The van der Waals surface area contributed by atoms with Crippen LogP contribution in [0.5, 0.6) is 0 Å². The van der Waals surface area contributed by atoms with Gasteiger partial charge < -0.3 is 11.1 Å². The molecule has 0 aromatic rings. The first-order valence-electron chi connectivity index (χ1n) is 5.15. The van der Waals surface area contributed by atoms with Crippen LogP contribution in [0, 0.1) is 5.92 Å². The molecule has 0 aromatic heterocycles. The van der Waals surface area contributed by atoms with Crippen molar-refractivity contribution in [2.24, 2.45) is 11.7 Å². The molecule has 1 aliphatic carbocycles. The van der Waals surface area contributed by atoms with E-state index < -0.39 is 0 Å². The zero-order valence-electron chi connectivity index (χ0n) is 8.95. The molecule has 84 valence electrons. The molecule has 14 heavy (non-hydrogen) atoms. The number of carbonyl (C=O) groups excluding carboxylic acids is 1. The zero-order chi connectivity index (χ0) is 9.84. The molecule has 0 heterocycles. The molecular formula is C10H21ClN2O. The van der Waals surface area contributed by atoms with Gasteiger partial charge >= 0.3 is 0 Å². The Labute approximate surface area is 92.2 Å². The molecule has 1 rings (SSSR count). The topological polar surface area (TPSA) is 55.1 Å². The lowest BCUT2D eigenvalue weighted by molar-refractivity contribution is -0.124. The van der Waals surface area contributed by atoms with Gasteiger partial charge in [-0.05, 0) is 25.7 Å². The molecule has 0 atom stereocenters. The molecule has 3 nitrogen and oxygen atoms in total. The van der Waals surface area contributed by atoms with Crippen molar-refractivity contribution in [3.05, 3.63) is 0 Å². The first kappa shape index (κ1) is 13.7. The lowest BCUT2D eigenvalue weighted by Crippen LogP contribution is -2.41. The highest BCUT2D eigenvalue weighted by Crippen LogP contribution is 2.17. The highest BCUT2D eigenvalue weighted by molar-refractivity contribution is 5.85. The monoisotopic (exact) mass is 220 g/mol. The maximum Gasteiger partial charge on any atom is 0.222 e. The quantitative estimate of drug-likeness (QED) is 0.740. The van der Waals surface area contributed by atoms with Crippen molar-refractivity contribution < 1.29 is 4.79 Å².